The van der Waals surface area contributed by atoms with Crippen molar-refractivity contribution in [1.29, 1.82) is 0 Å². The normalized spacial score (nSPS) is 18.2. The summed E-state index contributed by atoms with van der Waals surface area (Å²) in [5.41, 5.74) is 1.82. The average Bonchev–Trinajstić information content (AvgIpc) is 3.04. The summed E-state index contributed by atoms with van der Waals surface area (Å²) < 4.78 is 0. The van der Waals surface area contributed by atoms with Gasteiger partial charge in [-0.2, -0.15) is 5.10 Å². The molecule has 2 aromatic rings. The smallest absolute Gasteiger partial charge is 0.308 e. The molecular weight excluding hydrogens is 284 g/mol. The first-order valence-corrected chi connectivity index (χ1v) is 7.12. The van der Waals surface area contributed by atoms with Crippen molar-refractivity contribution in [2.45, 2.75) is 12.8 Å². The number of piperidine rings is 1. The number of carboxylic acid groups (broad SMARTS) is 1. The van der Waals surface area contributed by atoms with E-state index >= 15 is 0 Å². The summed E-state index contributed by atoms with van der Waals surface area (Å²) in [5.74, 6) is -1.54. The van der Waals surface area contributed by atoms with Crippen LogP contribution in [0.5, 0.6) is 0 Å². The zero-order valence-corrected chi connectivity index (χ0v) is 11.9. The maximum Gasteiger partial charge on any atom is 0.308 e. The molecule has 114 valence electrons. The molecule has 1 aliphatic heterocycles. The minimum atomic E-state index is -0.850. The van der Waals surface area contributed by atoms with Gasteiger partial charge in [-0.3, -0.25) is 19.7 Å². The monoisotopic (exact) mass is 300 g/mol. The second kappa shape index (κ2) is 5.97. The molecule has 0 aromatic carbocycles. The molecule has 0 aliphatic carbocycles. The standard InChI is InChI=1S/C15H16N4O3/c20-14(19-6-2-4-11(9-19)15(21)22)12-8-17-18-13(12)10-3-1-5-16-7-10/h1,3,5,7-8,11H,2,4,6,9H2,(H,17,18)(H,21,22)/t11-/m0/s1. The number of nitrogens with zero attached hydrogens (tertiary/aromatic N) is 3. The Labute approximate surface area is 127 Å². The lowest BCUT2D eigenvalue weighted by molar-refractivity contribution is -0.143. The second-order valence-electron chi connectivity index (χ2n) is 5.33. The lowest BCUT2D eigenvalue weighted by Gasteiger charge is -2.30. The fourth-order valence-corrected chi connectivity index (χ4v) is 2.71. The molecule has 1 fully saturated rings. The molecule has 2 N–H and O–H groups in total. The largest absolute Gasteiger partial charge is 0.481 e. The van der Waals surface area contributed by atoms with Crippen molar-refractivity contribution in [2.75, 3.05) is 13.1 Å². The highest BCUT2D eigenvalue weighted by molar-refractivity contribution is 5.99. The number of hydrogen-bond donors (Lipinski definition) is 2. The summed E-state index contributed by atoms with van der Waals surface area (Å²) in [5, 5.41) is 15.9. The molecule has 0 saturated carbocycles. The van der Waals surface area contributed by atoms with Crippen molar-refractivity contribution in [1.82, 2.24) is 20.1 Å². The van der Waals surface area contributed by atoms with Crippen LogP contribution in [-0.4, -0.2) is 50.2 Å². The van der Waals surface area contributed by atoms with E-state index in [9.17, 15) is 9.59 Å². The third-order valence-electron chi connectivity index (χ3n) is 3.88. The maximum atomic E-state index is 12.7. The Hall–Kier alpha value is -2.70. The van der Waals surface area contributed by atoms with Crippen LogP contribution < -0.4 is 0 Å². The minimum Gasteiger partial charge on any atom is -0.481 e. The van der Waals surface area contributed by atoms with Gasteiger partial charge >= 0.3 is 5.97 Å². The van der Waals surface area contributed by atoms with E-state index in [-0.39, 0.29) is 12.5 Å². The number of aromatic nitrogens is 3. The lowest BCUT2D eigenvalue weighted by Crippen LogP contribution is -2.42. The number of carboxylic acids is 1. The van der Waals surface area contributed by atoms with Gasteiger partial charge in [0.25, 0.3) is 5.91 Å². The van der Waals surface area contributed by atoms with Crippen LogP contribution in [0.1, 0.15) is 23.2 Å². The van der Waals surface area contributed by atoms with Crippen molar-refractivity contribution < 1.29 is 14.7 Å². The SMILES string of the molecule is O=C(O)[C@H]1CCCN(C(=O)c2cn[nH]c2-c2cccnc2)C1. The molecular formula is C15H16N4O3. The number of nitrogens with one attached hydrogen (secondary N) is 1. The fourth-order valence-electron chi connectivity index (χ4n) is 2.71. The third kappa shape index (κ3) is 2.69. The molecule has 0 spiro atoms. The van der Waals surface area contributed by atoms with Crippen molar-refractivity contribution in [2.24, 2.45) is 5.92 Å². The molecule has 3 rings (SSSR count). The summed E-state index contributed by atoms with van der Waals surface area (Å²) in [6, 6.07) is 3.62. The number of aromatic amines is 1. The highest BCUT2D eigenvalue weighted by Gasteiger charge is 2.30. The van der Waals surface area contributed by atoms with Gasteiger partial charge < -0.3 is 10.0 Å². The van der Waals surface area contributed by atoms with Crippen LogP contribution in [-0.2, 0) is 4.79 Å². The number of carbonyl (C=O) groups is 2. The molecule has 0 bridgehead atoms. The molecule has 1 amide bonds. The number of carbonyl (C=O) groups excluding carboxylic acids is 1. The molecule has 0 unspecified atom stereocenters. The first kappa shape index (κ1) is 14.2. The van der Waals surface area contributed by atoms with Gasteiger partial charge in [0.05, 0.1) is 23.4 Å². The van der Waals surface area contributed by atoms with Gasteiger partial charge in [-0.1, -0.05) is 0 Å². The highest BCUT2D eigenvalue weighted by atomic mass is 16.4. The average molecular weight is 300 g/mol. The van der Waals surface area contributed by atoms with Crippen molar-refractivity contribution in [3.05, 3.63) is 36.3 Å². The highest BCUT2D eigenvalue weighted by Crippen LogP contribution is 2.24. The quantitative estimate of drug-likeness (QED) is 0.892. The topological polar surface area (TPSA) is 99.2 Å². The van der Waals surface area contributed by atoms with Crippen LogP contribution in [0.25, 0.3) is 11.3 Å². The Kier molecular flexibility index (Phi) is 3.86. The zero-order valence-electron chi connectivity index (χ0n) is 11.9. The van der Waals surface area contributed by atoms with Gasteiger partial charge in [-0.25, -0.2) is 0 Å². The first-order chi connectivity index (χ1) is 10.7. The number of amides is 1. The van der Waals surface area contributed by atoms with Crippen LogP contribution in [0.15, 0.2) is 30.7 Å². The van der Waals surface area contributed by atoms with Crippen LogP contribution in [0, 0.1) is 5.92 Å². The van der Waals surface area contributed by atoms with Gasteiger partial charge in [-0.05, 0) is 25.0 Å². The van der Waals surface area contributed by atoms with E-state index in [1.54, 1.807) is 23.4 Å². The predicted octanol–water partition coefficient (Wildman–Crippen LogP) is 1.41. The Morgan fingerprint density at radius 1 is 1.36 bits per heavy atom. The Bertz CT molecular complexity index is 683. The second-order valence-corrected chi connectivity index (χ2v) is 5.33. The summed E-state index contributed by atoms with van der Waals surface area (Å²) in [7, 11) is 0. The Balaban J connectivity index is 1.84. The number of likely N-dealkylation sites (tertiary alicyclic amines) is 1. The molecule has 1 aliphatic rings. The van der Waals surface area contributed by atoms with Gasteiger partial charge in [0.2, 0.25) is 0 Å². The van der Waals surface area contributed by atoms with Crippen LogP contribution in [0.3, 0.4) is 0 Å². The summed E-state index contributed by atoms with van der Waals surface area (Å²) in [6.45, 7) is 0.812. The molecule has 7 nitrogen and oxygen atoms in total. The van der Waals surface area contributed by atoms with Crippen LogP contribution in [0.2, 0.25) is 0 Å². The third-order valence-corrected chi connectivity index (χ3v) is 3.88. The van der Waals surface area contributed by atoms with E-state index in [1.807, 2.05) is 6.07 Å². The summed E-state index contributed by atoms with van der Waals surface area (Å²) in [4.78, 5) is 29.4. The van der Waals surface area contributed by atoms with Crippen LogP contribution in [0.4, 0.5) is 0 Å². The fraction of sp³-hybridized carbons (Fsp3) is 0.333. The van der Waals surface area contributed by atoms with Gasteiger partial charge in [0.15, 0.2) is 0 Å². The Morgan fingerprint density at radius 3 is 2.95 bits per heavy atom. The molecule has 7 heteroatoms. The number of aliphatic carboxylic acids is 1. The first-order valence-electron chi connectivity index (χ1n) is 7.12. The molecule has 3 heterocycles. The maximum absolute atomic E-state index is 12.7. The number of rotatable bonds is 3. The van der Waals surface area contributed by atoms with Crippen molar-refractivity contribution in [3.63, 3.8) is 0 Å². The Morgan fingerprint density at radius 2 is 2.23 bits per heavy atom. The van der Waals surface area contributed by atoms with E-state index in [0.717, 1.165) is 5.56 Å². The summed E-state index contributed by atoms with van der Waals surface area (Å²) in [6.07, 6.45) is 6.10. The van der Waals surface area contributed by atoms with E-state index in [4.69, 9.17) is 5.11 Å². The van der Waals surface area contributed by atoms with Crippen molar-refractivity contribution >= 4 is 11.9 Å². The predicted molar refractivity (Wildman–Crippen MR) is 78.1 cm³/mol. The molecule has 2 aromatic heterocycles. The van der Waals surface area contributed by atoms with Crippen molar-refractivity contribution in [3.8, 4) is 11.3 Å². The van der Waals surface area contributed by atoms with E-state index < -0.39 is 11.9 Å². The molecule has 0 radical (unpaired) electrons. The number of H-pyrrole nitrogens is 1. The van der Waals surface area contributed by atoms with E-state index in [0.29, 0.717) is 30.6 Å². The zero-order chi connectivity index (χ0) is 15.5. The van der Waals surface area contributed by atoms with Crippen LogP contribution >= 0.6 is 0 Å². The van der Waals surface area contributed by atoms with Gasteiger partial charge in [0.1, 0.15) is 0 Å². The van der Waals surface area contributed by atoms with Gasteiger partial charge in [0, 0.05) is 31.0 Å². The number of pyridine rings is 1. The minimum absolute atomic E-state index is 0.196. The lowest BCUT2D eigenvalue weighted by atomic mass is 9.97. The molecule has 1 saturated heterocycles. The molecule has 22 heavy (non-hydrogen) atoms. The van der Waals surface area contributed by atoms with Gasteiger partial charge in [-0.15, -0.1) is 0 Å². The number of hydrogen-bond acceptors (Lipinski definition) is 4. The van der Waals surface area contributed by atoms with E-state index in [2.05, 4.69) is 15.2 Å². The van der Waals surface area contributed by atoms with E-state index in [1.165, 1.54) is 6.20 Å². The molecule has 1 atom stereocenters. The summed E-state index contributed by atoms with van der Waals surface area (Å²) >= 11 is 0.